The first-order chi connectivity index (χ1) is 11.5. The molecule has 0 unspecified atom stereocenters. The quantitative estimate of drug-likeness (QED) is 0.495. The lowest BCUT2D eigenvalue weighted by Crippen LogP contribution is -2.21. The van der Waals surface area contributed by atoms with Gasteiger partial charge in [-0.1, -0.05) is 12.1 Å². The van der Waals surface area contributed by atoms with E-state index >= 15 is 0 Å². The Morgan fingerprint density at radius 3 is 2.42 bits per heavy atom. The lowest BCUT2D eigenvalue weighted by Gasteiger charge is -2.07. The molecule has 2 aromatic carbocycles. The van der Waals surface area contributed by atoms with Gasteiger partial charge in [0, 0.05) is 6.07 Å². The van der Waals surface area contributed by atoms with Gasteiger partial charge in [-0.3, -0.25) is 14.9 Å². The number of hydrogen-bond acceptors (Lipinski definition) is 6. The van der Waals surface area contributed by atoms with Crippen molar-refractivity contribution in [3.05, 3.63) is 64.2 Å². The van der Waals surface area contributed by atoms with E-state index in [2.05, 4.69) is 5.32 Å². The Morgan fingerprint density at radius 1 is 1.12 bits per heavy atom. The number of rotatable bonds is 6. The van der Waals surface area contributed by atoms with E-state index in [0.29, 0.717) is 5.75 Å². The van der Waals surface area contributed by atoms with Gasteiger partial charge >= 0.3 is 5.97 Å². The van der Waals surface area contributed by atoms with Gasteiger partial charge in [0.2, 0.25) is 0 Å². The number of nitrogens with one attached hydrogen (secondary N) is 1. The van der Waals surface area contributed by atoms with Crippen molar-refractivity contribution in [3.63, 3.8) is 0 Å². The number of para-hydroxylation sites is 2. The van der Waals surface area contributed by atoms with E-state index in [9.17, 15) is 19.7 Å². The van der Waals surface area contributed by atoms with Crippen molar-refractivity contribution in [2.24, 2.45) is 0 Å². The molecule has 0 aliphatic heterocycles. The van der Waals surface area contributed by atoms with Crippen LogP contribution in [0.25, 0.3) is 0 Å². The second-order valence-electron chi connectivity index (χ2n) is 4.63. The highest BCUT2D eigenvalue weighted by Gasteiger charge is 2.16. The van der Waals surface area contributed by atoms with Gasteiger partial charge in [-0.15, -0.1) is 0 Å². The summed E-state index contributed by atoms with van der Waals surface area (Å²) in [4.78, 5) is 33.9. The number of nitro benzene ring substituents is 1. The summed E-state index contributed by atoms with van der Waals surface area (Å²) in [6.45, 7) is -0.559. The summed E-state index contributed by atoms with van der Waals surface area (Å²) in [6.07, 6.45) is 0. The first-order valence-electron chi connectivity index (χ1n) is 6.85. The van der Waals surface area contributed by atoms with Crippen LogP contribution < -0.4 is 10.1 Å². The van der Waals surface area contributed by atoms with Gasteiger partial charge in [-0.25, -0.2) is 4.79 Å². The molecule has 124 valence electrons. The number of nitrogens with zero attached hydrogens (tertiary/aromatic N) is 1. The highest BCUT2D eigenvalue weighted by atomic mass is 16.6. The average molecular weight is 330 g/mol. The van der Waals surface area contributed by atoms with Crippen molar-refractivity contribution in [3.8, 4) is 5.75 Å². The molecule has 0 aliphatic carbocycles. The third-order valence-corrected chi connectivity index (χ3v) is 3.03. The lowest BCUT2D eigenvalue weighted by molar-refractivity contribution is -0.383. The predicted octanol–water partition coefficient (Wildman–Crippen LogP) is 2.40. The molecule has 0 aliphatic rings. The van der Waals surface area contributed by atoms with E-state index in [1.165, 1.54) is 37.4 Å². The SMILES string of the molecule is COc1ccc(C(=O)OCC(=O)Nc2ccccc2[N+](=O)[O-])cc1. The number of ether oxygens (including phenoxy) is 2. The molecule has 0 radical (unpaired) electrons. The minimum atomic E-state index is -0.685. The molecule has 2 aromatic rings. The van der Waals surface area contributed by atoms with E-state index < -0.39 is 23.4 Å². The average Bonchev–Trinajstić information content (AvgIpc) is 2.60. The normalized spacial score (nSPS) is 9.88. The molecule has 0 atom stereocenters. The maximum Gasteiger partial charge on any atom is 0.338 e. The van der Waals surface area contributed by atoms with Crippen LogP contribution in [-0.2, 0) is 9.53 Å². The van der Waals surface area contributed by atoms with Gasteiger partial charge in [-0.05, 0) is 30.3 Å². The van der Waals surface area contributed by atoms with Crippen molar-refractivity contribution in [2.45, 2.75) is 0 Å². The maximum absolute atomic E-state index is 11.8. The Kier molecular flexibility index (Phi) is 5.45. The monoisotopic (exact) mass is 330 g/mol. The van der Waals surface area contributed by atoms with Crippen molar-refractivity contribution in [2.75, 3.05) is 19.0 Å². The number of hydrogen-bond donors (Lipinski definition) is 1. The summed E-state index contributed by atoms with van der Waals surface area (Å²) >= 11 is 0. The van der Waals surface area contributed by atoms with Gasteiger partial charge in [0.05, 0.1) is 17.6 Å². The number of anilines is 1. The molecule has 1 N–H and O–H groups in total. The van der Waals surface area contributed by atoms with Crippen LogP contribution in [0.1, 0.15) is 10.4 Å². The summed E-state index contributed by atoms with van der Waals surface area (Å²) in [5.41, 5.74) is 0.0506. The first-order valence-corrected chi connectivity index (χ1v) is 6.85. The second kappa shape index (κ2) is 7.73. The maximum atomic E-state index is 11.8. The van der Waals surface area contributed by atoms with Crippen LogP contribution in [0.15, 0.2) is 48.5 Å². The van der Waals surface area contributed by atoms with Crippen LogP contribution in [0.2, 0.25) is 0 Å². The Morgan fingerprint density at radius 2 is 1.79 bits per heavy atom. The fourth-order valence-electron chi connectivity index (χ4n) is 1.87. The van der Waals surface area contributed by atoms with E-state index in [1.807, 2.05) is 0 Å². The number of carbonyl (C=O) groups excluding carboxylic acids is 2. The van der Waals surface area contributed by atoms with Crippen molar-refractivity contribution >= 4 is 23.3 Å². The Balaban J connectivity index is 1.93. The number of benzene rings is 2. The first kappa shape index (κ1) is 16.9. The standard InChI is InChI=1S/C16H14N2O6/c1-23-12-8-6-11(7-9-12)16(20)24-10-15(19)17-13-4-2-3-5-14(13)18(21)22/h2-9H,10H2,1H3,(H,17,19). The third-order valence-electron chi connectivity index (χ3n) is 3.03. The van der Waals surface area contributed by atoms with Crippen molar-refractivity contribution in [1.82, 2.24) is 0 Å². The van der Waals surface area contributed by atoms with Crippen LogP contribution in [0.3, 0.4) is 0 Å². The van der Waals surface area contributed by atoms with Gasteiger partial charge in [-0.2, -0.15) is 0 Å². The molecule has 24 heavy (non-hydrogen) atoms. The van der Waals surface area contributed by atoms with Gasteiger partial charge < -0.3 is 14.8 Å². The molecule has 0 bridgehead atoms. The number of esters is 1. The number of amides is 1. The largest absolute Gasteiger partial charge is 0.497 e. The Bertz CT molecular complexity index is 757. The Labute approximate surface area is 137 Å². The molecule has 0 spiro atoms. The summed E-state index contributed by atoms with van der Waals surface area (Å²) in [6, 6.07) is 11.9. The highest BCUT2D eigenvalue weighted by Crippen LogP contribution is 2.23. The summed E-state index contributed by atoms with van der Waals surface area (Å²) < 4.78 is 9.85. The molecule has 0 fully saturated rings. The molecular weight excluding hydrogens is 316 g/mol. The van der Waals surface area contributed by atoms with Crippen molar-refractivity contribution in [1.29, 1.82) is 0 Å². The summed E-state index contributed by atoms with van der Waals surface area (Å²) in [5.74, 6) is -0.776. The second-order valence-corrected chi connectivity index (χ2v) is 4.63. The third kappa shape index (κ3) is 4.29. The fourth-order valence-corrected chi connectivity index (χ4v) is 1.87. The molecular formula is C16H14N2O6. The molecule has 0 saturated carbocycles. The number of methoxy groups -OCH3 is 1. The molecule has 0 heterocycles. The van der Waals surface area contributed by atoms with Crippen LogP contribution in [0, 0.1) is 10.1 Å². The zero-order valence-corrected chi connectivity index (χ0v) is 12.7. The minimum Gasteiger partial charge on any atom is -0.497 e. The van der Waals surface area contributed by atoms with E-state index in [0.717, 1.165) is 0 Å². The highest BCUT2D eigenvalue weighted by molar-refractivity contribution is 5.96. The molecule has 2 rings (SSSR count). The topological polar surface area (TPSA) is 108 Å². The zero-order chi connectivity index (χ0) is 17.5. The smallest absolute Gasteiger partial charge is 0.338 e. The Hall–Kier alpha value is -3.42. The van der Waals surface area contributed by atoms with Gasteiger partial charge in [0.15, 0.2) is 6.61 Å². The molecule has 1 amide bonds. The minimum absolute atomic E-state index is 0.0352. The summed E-state index contributed by atoms with van der Waals surface area (Å²) in [7, 11) is 1.50. The van der Waals surface area contributed by atoms with Gasteiger partial charge in [0.1, 0.15) is 11.4 Å². The van der Waals surface area contributed by atoms with Gasteiger partial charge in [0.25, 0.3) is 11.6 Å². The van der Waals surface area contributed by atoms with Crippen molar-refractivity contribution < 1.29 is 24.0 Å². The van der Waals surface area contributed by atoms with Crippen LogP contribution >= 0.6 is 0 Å². The predicted molar refractivity (Wildman–Crippen MR) is 85.0 cm³/mol. The molecule has 0 saturated heterocycles. The molecule has 8 heteroatoms. The van der Waals surface area contributed by atoms with E-state index in [-0.39, 0.29) is 16.9 Å². The van der Waals surface area contributed by atoms with E-state index in [1.54, 1.807) is 18.2 Å². The molecule has 0 aromatic heterocycles. The molecule has 8 nitrogen and oxygen atoms in total. The zero-order valence-electron chi connectivity index (χ0n) is 12.7. The van der Waals surface area contributed by atoms with Crippen LogP contribution in [-0.4, -0.2) is 30.5 Å². The van der Waals surface area contributed by atoms with E-state index in [4.69, 9.17) is 9.47 Å². The lowest BCUT2D eigenvalue weighted by atomic mass is 10.2. The number of carbonyl (C=O) groups is 2. The van der Waals surface area contributed by atoms with Crippen LogP contribution in [0.5, 0.6) is 5.75 Å². The summed E-state index contributed by atoms with van der Waals surface area (Å²) in [5, 5.41) is 13.2. The fraction of sp³-hybridized carbons (Fsp3) is 0.125. The van der Waals surface area contributed by atoms with Crippen LogP contribution in [0.4, 0.5) is 11.4 Å². The number of nitro groups is 1.